The van der Waals surface area contributed by atoms with Gasteiger partial charge in [0.25, 0.3) is 0 Å². The molecule has 1 saturated carbocycles. The summed E-state index contributed by atoms with van der Waals surface area (Å²) in [5, 5.41) is 0. The van der Waals surface area contributed by atoms with Crippen LogP contribution in [0.1, 0.15) is 40.5 Å². The van der Waals surface area contributed by atoms with E-state index in [2.05, 4.69) is 13.8 Å². The van der Waals surface area contributed by atoms with Gasteiger partial charge in [-0.2, -0.15) is 0 Å². The van der Waals surface area contributed by atoms with E-state index < -0.39 is 0 Å². The topological polar surface area (TPSA) is 26.3 Å². The first-order valence-corrected chi connectivity index (χ1v) is 4.67. The van der Waals surface area contributed by atoms with Gasteiger partial charge in [-0.25, -0.2) is 0 Å². The largest absolute Gasteiger partial charge is 0.374 e. The van der Waals surface area contributed by atoms with Gasteiger partial charge in [-0.15, -0.1) is 0 Å². The van der Waals surface area contributed by atoms with Crippen LogP contribution in [-0.2, 0) is 9.53 Å². The average Bonchev–Trinajstić information content (AvgIpc) is 2.03. The summed E-state index contributed by atoms with van der Waals surface area (Å²) in [6, 6.07) is 0. The van der Waals surface area contributed by atoms with Crippen molar-refractivity contribution in [1.29, 1.82) is 0 Å². The second-order valence-corrected chi connectivity index (χ2v) is 4.19. The minimum atomic E-state index is -0.233. The highest BCUT2D eigenvalue weighted by Crippen LogP contribution is 2.39. The first-order valence-electron chi connectivity index (χ1n) is 4.67. The van der Waals surface area contributed by atoms with Gasteiger partial charge in [0.2, 0.25) is 0 Å². The Hall–Kier alpha value is -0.370. The molecule has 0 aromatic carbocycles. The normalized spacial score (nSPS) is 29.7. The third-order valence-electron chi connectivity index (χ3n) is 2.87. The van der Waals surface area contributed by atoms with Crippen molar-refractivity contribution < 1.29 is 9.53 Å². The molecule has 12 heavy (non-hydrogen) atoms. The summed E-state index contributed by atoms with van der Waals surface area (Å²) in [5.41, 5.74) is -0.233. The molecular weight excluding hydrogens is 152 g/mol. The van der Waals surface area contributed by atoms with Gasteiger partial charge in [0.05, 0.1) is 17.6 Å². The van der Waals surface area contributed by atoms with Crippen LogP contribution < -0.4 is 0 Å². The van der Waals surface area contributed by atoms with Crippen LogP contribution in [0.4, 0.5) is 0 Å². The molecule has 1 aliphatic carbocycles. The van der Waals surface area contributed by atoms with Crippen molar-refractivity contribution in [1.82, 2.24) is 0 Å². The van der Waals surface area contributed by atoms with Crippen LogP contribution in [0.15, 0.2) is 0 Å². The third kappa shape index (κ3) is 1.53. The Morgan fingerprint density at radius 1 is 1.67 bits per heavy atom. The van der Waals surface area contributed by atoms with E-state index in [4.69, 9.17) is 4.74 Å². The van der Waals surface area contributed by atoms with Gasteiger partial charge in [0.15, 0.2) is 0 Å². The maximum Gasteiger partial charge on any atom is 0.143 e. The van der Waals surface area contributed by atoms with Crippen molar-refractivity contribution in [3.05, 3.63) is 0 Å². The van der Waals surface area contributed by atoms with Crippen molar-refractivity contribution in [3.8, 4) is 0 Å². The maximum atomic E-state index is 11.2. The Kier molecular flexibility index (Phi) is 2.57. The molecule has 0 aromatic rings. The zero-order chi connectivity index (χ0) is 9.35. The van der Waals surface area contributed by atoms with Gasteiger partial charge in [-0.05, 0) is 13.3 Å². The summed E-state index contributed by atoms with van der Waals surface area (Å²) in [4.78, 5) is 11.2. The molecule has 70 valence electrons. The van der Waals surface area contributed by atoms with E-state index in [1.807, 2.05) is 13.8 Å². The number of hydrogen-bond donors (Lipinski definition) is 0. The zero-order valence-electron chi connectivity index (χ0n) is 8.39. The van der Waals surface area contributed by atoms with Crippen LogP contribution >= 0.6 is 0 Å². The Morgan fingerprint density at radius 2 is 2.25 bits per heavy atom. The van der Waals surface area contributed by atoms with Crippen LogP contribution in [0, 0.1) is 5.41 Å². The van der Waals surface area contributed by atoms with Gasteiger partial charge in [0.1, 0.15) is 5.78 Å². The van der Waals surface area contributed by atoms with E-state index in [0.29, 0.717) is 12.2 Å². The molecule has 0 radical (unpaired) electrons. The molecule has 0 spiro atoms. The third-order valence-corrected chi connectivity index (χ3v) is 2.87. The first kappa shape index (κ1) is 9.72. The molecule has 0 saturated heterocycles. The van der Waals surface area contributed by atoms with Gasteiger partial charge in [-0.3, -0.25) is 4.79 Å². The molecule has 2 unspecified atom stereocenters. The van der Waals surface area contributed by atoms with E-state index >= 15 is 0 Å². The van der Waals surface area contributed by atoms with Crippen LogP contribution in [0.25, 0.3) is 0 Å². The second kappa shape index (κ2) is 3.17. The number of rotatable bonds is 3. The molecule has 0 heterocycles. The standard InChI is InChI=1S/C10H18O2/c1-5-7(2)12-9-6-8(11)10(9,3)4/h7,9H,5-6H2,1-4H3. The number of ether oxygens (including phenoxy) is 1. The smallest absolute Gasteiger partial charge is 0.143 e. The van der Waals surface area contributed by atoms with E-state index in [1.54, 1.807) is 0 Å². The summed E-state index contributed by atoms with van der Waals surface area (Å²) in [5.74, 6) is 0.329. The van der Waals surface area contributed by atoms with E-state index in [0.717, 1.165) is 6.42 Å². The summed E-state index contributed by atoms with van der Waals surface area (Å²) >= 11 is 0. The second-order valence-electron chi connectivity index (χ2n) is 4.19. The highest BCUT2D eigenvalue weighted by atomic mass is 16.5. The molecule has 1 rings (SSSR count). The lowest BCUT2D eigenvalue weighted by molar-refractivity contribution is -0.164. The van der Waals surface area contributed by atoms with Gasteiger partial charge < -0.3 is 4.74 Å². The molecule has 0 aromatic heterocycles. The molecule has 0 aliphatic heterocycles. The van der Waals surface area contributed by atoms with Crippen LogP contribution in [0.2, 0.25) is 0 Å². The molecule has 0 amide bonds. The quantitative estimate of drug-likeness (QED) is 0.649. The van der Waals surface area contributed by atoms with Crippen LogP contribution in [0.5, 0.6) is 0 Å². The minimum Gasteiger partial charge on any atom is -0.374 e. The predicted molar refractivity (Wildman–Crippen MR) is 48.0 cm³/mol. The number of hydrogen-bond acceptors (Lipinski definition) is 2. The fourth-order valence-electron chi connectivity index (χ4n) is 1.33. The molecule has 2 heteroatoms. The molecule has 1 fully saturated rings. The number of ketones is 1. The van der Waals surface area contributed by atoms with Gasteiger partial charge >= 0.3 is 0 Å². The maximum absolute atomic E-state index is 11.2. The number of carbonyl (C=O) groups excluding carboxylic acids is 1. The number of carbonyl (C=O) groups is 1. The van der Waals surface area contributed by atoms with Crippen LogP contribution in [0.3, 0.4) is 0 Å². The predicted octanol–water partition coefficient (Wildman–Crippen LogP) is 2.17. The zero-order valence-corrected chi connectivity index (χ0v) is 8.39. The monoisotopic (exact) mass is 170 g/mol. The Labute approximate surface area is 74.3 Å². The van der Waals surface area contributed by atoms with Crippen LogP contribution in [-0.4, -0.2) is 18.0 Å². The Bertz CT molecular complexity index is 184. The van der Waals surface area contributed by atoms with Crippen molar-refractivity contribution in [2.24, 2.45) is 5.41 Å². The fraction of sp³-hybridized carbons (Fsp3) is 0.900. The molecule has 1 aliphatic rings. The summed E-state index contributed by atoms with van der Waals surface area (Å²) in [6.07, 6.45) is 2.06. The summed E-state index contributed by atoms with van der Waals surface area (Å²) in [6.45, 7) is 8.08. The highest BCUT2D eigenvalue weighted by molar-refractivity contribution is 5.91. The summed E-state index contributed by atoms with van der Waals surface area (Å²) in [7, 11) is 0. The number of Topliss-reactive ketones (excluding diaryl/α,β-unsaturated/α-hetero) is 1. The molecule has 0 N–H and O–H groups in total. The van der Waals surface area contributed by atoms with E-state index in [-0.39, 0.29) is 17.6 Å². The Morgan fingerprint density at radius 3 is 2.58 bits per heavy atom. The molecule has 0 bridgehead atoms. The van der Waals surface area contributed by atoms with Gasteiger partial charge in [0, 0.05) is 6.42 Å². The highest BCUT2D eigenvalue weighted by Gasteiger charge is 2.48. The van der Waals surface area contributed by atoms with E-state index in [1.165, 1.54) is 0 Å². The average molecular weight is 170 g/mol. The fourth-order valence-corrected chi connectivity index (χ4v) is 1.33. The lowest BCUT2D eigenvalue weighted by Crippen LogP contribution is -2.52. The summed E-state index contributed by atoms with van der Waals surface area (Å²) < 4.78 is 5.70. The lowest BCUT2D eigenvalue weighted by atomic mass is 9.68. The van der Waals surface area contributed by atoms with Crippen molar-refractivity contribution in [2.45, 2.75) is 52.7 Å². The molecule has 2 nitrogen and oxygen atoms in total. The van der Waals surface area contributed by atoms with Crippen molar-refractivity contribution >= 4 is 5.78 Å². The first-order chi connectivity index (χ1) is 5.48. The van der Waals surface area contributed by atoms with Crippen molar-refractivity contribution in [2.75, 3.05) is 0 Å². The SMILES string of the molecule is CCC(C)OC1CC(=O)C1(C)C. The molecule has 2 atom stereocenters. The minimum absolute atomic E-state index is 0.153. The van der Waals surface area contributed by atoms with E-state index in [9.17, 15) is 4.79 Å². The Balaban J connectivity index is 2.42. The lowest BCUT2D eigenvalue weighted by Gasteiger charge is -2.43. The van der Waals surface area contributed by atoms with Crippen molar-refractivity contribution in [3.63, 3.8) is 0 Å². The molecular formula is C10H18O2. The van der Waals surface area contributed by atoms with Gasteiger partial charge in [-0.1, -0.05) is 20.8 Å².